The van der Waals surface area contributed by atoms with Crippen LogP contribution in [0.25, 0.3) is 0 Å². The van der Waals surface area contributed by atoms with E-state index in [1.807, 2.05) is 0 Å². The van der Waals surface area contributed by atoms with Crippen molar-refractivity contribution in [2.45, 2.75) is 44.2 Å². The van der Waals surface area contributed by atoms with Crippen LogP contribution in [0.2, 0.25) is 0 Å². The fourth-order valence-corrected chi connectivity index (χ4v) is 2.83. The predicted molar refractivity (Wildman–Crippen MR) is 98.4 cm³/mol. The number of H-pyrrole nitrogens is 1. The lowest BCUT2D eigenvalue weighted by Gasteiger charge is -2.37. The van der Waals surface area contributed by atoms with Crippen molar-refractivity contribution in [1.82, 2.24) is 15.6 Å². The third-order valence-electron chi connectivity index (χ3n) is 3.57. The summed E-state index contributed by atoms with van der Waals surface area (Å²) < 4.78 is 47.9. The van der Waals surface area contributed by atoms with Crippen molar-refractivity contribution in [2.75, 3.05) is 24.6 Å². The predicted octanol–water partition coefficient (Wildman–Crippen LogP) is 2.25. The van der Waals surface area contributed by atoms with E-state index in [2.05, 4.69) is 28.2 Å². The zero-order chi connectivity index (χ0) is 21.1. The molecule has 2 heterocycles. The molecule has 0 aliphatic carbocycles. The minimum atomic E-state index is -4.53. The highest BCUT2D eigenvalue weighted by Crippen LogP contribution is 2.27. The summed E-state index contributed by atoms with van der Waals surface area (Å²) >= 11 is 4.27. The molecule has 2 amide bonds. The average Bonchev–Trinajstić information content (AvgIpc) is 3.00. The van der Waals surface area contributed by atoms with E-state index in [1.54, 1.807) is 31.7 Å². The molecule has 12 heteroatoms. The van der Waals surface area contributed by atoms with Crippen LogP contribution >= 0.6 is 12.6 Å². The molecule has 1 aromatic rings. The molecule has 1 aliphatic heterocycles. The van der Waals surface area contributed by atoms with Gasteiger partial charge in [-0.3, -0.25) is 4.79 Å². The zero-order valence-corrected chi connectivity index (χ0v) is 16.5. The van der Waals surface area contributed by atoms with E-state index in [4.69, 9.17) is 9.47 Å². The van der Waals surface area contributed by atoms with Crippen molar-refractivity contribution in [3.63, 3.8) is 0 Å². The Morgan fingerprint density at radius 2 is 2.07 bits per heavy atom. The van der Waals surface area contributed by atoms with E-state index < -0.39 is 36.1 Å². The number of thiol groups is 1. The number of alkyl carbamates (subject to hydrolysis) is 1. The Labute approximate surface area is 165 Å². The maximum atomic E-state index is 12.6. The fourth-order valence-electron chi connectivity index (χ4n) is 2.50. The molecule has 3 N–H and O–H groups in total. The zero-order valence-electron chi connectivity index (χ0n) is 15.6. The van der Waals surface area contributed by atoms with Crippen LogP contribution in [0.5, 0.6) is 0 Å². The highest BCUT2D eigenvalue weighted by molar-refractivity contribution is 7.81. The topological polar surface area (TPSA) is 95.7 Å². The van der Waals surface area contributed by atoms with Gasteiger partial charge in [0.25, 0.3) is 5.91 Å². The maximum Gasteiger partial charge on any atom is 0.411 e. The van der Waals surface area contributed by atoms with E-state index in [0.717, 1.165) is 0 Å². The standard InChI is InChI=1S/C16H23F3N4O4S/c1-15(2,3)27-14(25)21-6-9(26-8-16(17,18)19)7-23-10-4-5-20-11(10)12(24)22-13(23)28/h4-5,9,13,20,28H,6-8H2,1-3H3,(H,21,25)(H,22,24). The second-order valence-corrected chi connectivity index (χ2v) is 7.66. The van der Waals surface area contributed by atoms with Crippen LogP contribution in [0.15, 0.2) is 12.3 Å². The molecule has 0 fully saturated rings. The van der Waals surface area contributed by atoms with Gasteiger partial charge in [-0.1, -0.05) is 0 Å². The molecule has 0 spiro atoms. The lowest BCUT2D eigenvalue weighted by Crippen LogP contribution is -2.54. The van der Waals surface area contributed by atoms with Crippen LogP contribution in [-0.2, 0) is 9.47 Å². The van der Waals surface area contributed by atoms with Gasteiger partial charge in [0, 0.05) is 19.3 Å². The number of carbonyl (C=O) groups is 2. The summed E-state index contributed by atoms with van der Waals surface area (Å²) in [6.45, 7) is 3.23. The van der Waals surface area contributed by atoms with Crippen LogP contribution in [0, 0.1) is 0 Å². The molecule has 1 aliphatic rings. The third-order valence-corrected chi connectivity index (χ3v) is 3.98. The summed E-state index contributed by atoms with van der Waals surface area (Å²) in [7, 11) is 0. The van der Waals surface area contributed by atoms with Gasteiger partial charge in [-0.25, -0.2) is 4.79 Å². The molecule has 2 rings (SSSR count). The van der Waals surface area contributed by atoms with Crippen molar-refractivity contribution < 1.29 is 32.2 Å². The second kappa shape index (κ2) is 8.52. The summed E-state index contributed by atoms with van der Waals surface area (Å²) in [6, 6.07) is 1.61. The number of aromatic nitrogens is 1. The molecule has 0 saturated heterocycles. The number of hydrogen-bond acceptors (Lipinski definition) is 6. The lowest BCUT2D eigenvalue weighted by molar-refractivity contribution is -0.183. The van der Waals surface area contributed by atoms with Crippen LogP contribution in [0.3, 0.4) is 0 Å². The van der Waals surface area contributed by atoms with Gasteiger partial charge in [0.1, 0.15) is 23.4 Å². The Hall–Kier alpha value is -2.08. The van der Waals surface area contributed by atoms with Gasteiger partial charge in [-0.2, -0.15) is 13.2 Å². The average molecular weight is 424 g/mol. The highest BCUT2D eigenvalue weighted by Gasteiger charge is 2.34. The van der Waals surface area contributed by atoms with E-state index in [0.29, 0.717) is 5.69 Å². The number of aromatic amines is 1. The van der Waals surface area contributed by atoms with Gasteiger partial charge in [0.2, 0.25) is 0 Å². The van der Waals surface area contributed by atoms with Crippen molar-refractivity contribution in [3.8, 4) is 0 Å². The van der Waals surface area contributed by atoms with E-state index in [1.165, 1.54) is 6.20 Å². The maximum absolute atomic E-state index is 12.6. The van der Waals surface area contributed by atoms with E-state index >= 15 is 0 Å². The van der Waals surface area contributed by atoms with Gasteiger partial charge in [-0.05, 0) is 26.8 Å². The Morgan fingerprint density at radius 3 is 2.68 bits per heavy atom. The molecular formula is C16H23F3N4O4S. The number of rotatable bonds is 6. The van der Waals surface area contributed by atoms with Crippen molar-refractivity contribution >= 4 is 30.3 Å². The lowest BCUT2D eigenvalue weighted by atomic mass is 10.2. The number of nitrogens with zero attached hydrogens (tertiary/aromatic N) is 1. The van der Waals surface area contributed by atoms with Gasteiger partial charge in [0.15, 0.2) is 0 Å². The van der Waals surface area contributed by atoms with Crippen LogP contribution in [-0.4, -0.2) is 60.1 Å². The largest absolute Gasteiger partial charge is 0.444 e. The van der Waals surface area contributed by atoms with E-state index in [-0.39, 0.29) is 24.7 Å². The van der Waals surface area contributed by atoms with Gasteiger partial charge >= 0.3 is 12.3 Å². The first-order valence-electron chi connectivity index (χ1n) is 8.44. The number of halogens is 3. The number of carbonyl (C=O) groups excluding carboxylic acids is 2. The Kier molecular flexibility index (Phi) is 6.75. The summed E-state index contributed by atoms with van der Waals surface area (Å²) in [5.41, 5.74) is -0.782. The van der Waals surface area contributed by atoms with E-state index in [9.17, 15) is 22.8 Å². The summed E-state index contributed by atoms with van der Waals surface area (Å²) in [5, 5.41) is 4.98. The summed E-state index contributed by atoms with van der Waals surface area (Å²) in [6.07, 6.45) is -4.81. The molecule has 0 radical (unpaired) electrons. The number of hydrogen-bond donors (Lipinski definition) is 4. The second-order valence-electron chi connectivity index (χ2n) is 7.17. The fraction of sp³-hybridized carbons (Fsp3) is 0.625. The number of fused-ring (bicyclic) bond motifs is 1. The SMILES string of the molecule is CC(C)(C)OC(=O)NCC(CN1c2cc[nH]c2C(=O)NC1S)OCC(F)(F)F. The van der Waals surface area contributed by atoms with Crippen LogP contribution in [0.4, 0.5) is 23.7 Å². The van der Waals surface area contributed by atoms with Crippen molar-refractivity contribution in [2.24, 2.45) is 0 Å². The number of ether oxygens (including phenoxy) is 2. The minimum absolute atomic E-state index is 0.0643. The number of alkyl halides is 3. The van der Waals surface area contributed by atoms with Crippen molar-refractivity contribution in [1.29, 1.82) is 0 Å². The number of anilines is 1. The molecule has 28 heavy (non-hydrogen) atoms. The van der Waals surface area contributed by atoms with Crippen molar-refractivity contribution in [3.05, 3.63) is 18.0 Å². The third kappa shape index (κ3) is 6.51. The monoisotopic (exact) mass is 424 g/mol. The normalized spacial score (nSPS) is 18.3. The quantitative estimate of drug-likeness (QED) is 0.526. The highest BCUT2D eigenvalue weighted by atomic mass is 32.1. The number of amides is 2. The van der Waals surface area contributed by atoms with Gasteiger partial charge in [-0.15, -0.1) is 12.6 Å². The van der Waals surface area contributed by atoms with Gasteiger partial charge < -0.3 is 30.0 Å². The molecule has 0 saturated carbocycles. The molecule has 1 aromatic heterocycles. The first-order valence-corrected chi connectivity index (χ1v) is 8.95. The Bertz CT molecular complexity index is 705. The van der Waals surface area contributed by atoms with Crippen LogP contribution in [0.1, 0.15) is 31.3 Å². The van der Waals surface area contributed by atoms with Crippen LogP contribution < -0.4 is 15.5 Å². The molecule has 158 valence electrons. The molecule has 2 atom stereocenters. The van der Waals surface area contributed by atoms with Gasteiger partial charge in [0.05, 0.1) is 11.8 Å². The number of nitrogens with one attached hydrogen (secondary N) is 3. The molecule has 8 nitrogen and oxygen atoms in total. The summed E-state index contributed by atoms with van der Waals surface area (Å²) in [4.78, 5) is 28.1. The molecule has 0 bridgehead atoms. The first-order chi connectivity index (χ1) is 12.9. The molecule has 2 unspecified atom stereocenters. The summed E-state index contributed by atoms with van der Waals surface area (Å²) in [5.74, 6) is -0.379. The Morgan fingerprint density at radius 1 is 1.39 bits per heavy atom. The smallest absolute Gasteiger partial charge is 0.411 e. The molecule has 0 aromatic carbocycles. The minimum Gasteiger partial charge on any atom is -0.444 e. The Balaban J connectivity index is 2.08. The molecular weight excluding hydrogens is 401 g/mol. The first kappa shape index (κ1) is 22.2.